The minimum Gasteiger partial charge on any atom is -0.369 e. The summed E-state index contributed by atoms with van der Waals surface area (Å²) < 4.78 is 0. The highest BCUT2D eigenvalue weighted by Crippen LogP contribution is 1.60. The third-order valence-electron chi connectivity index (χ3n) is 0.476. The summed E-state index contributed by atoms with van der Waals surface area (Å²) in [5.74, 6) is 5.13. The van der Waals surface area contributed by atoms with Crippen LogP contribution in [-0.4, -0.2) is 12.5 Å². The average molecular weight is 175 g/mol. The Bertz CT molecular complexity index is 74.2. The zero-order valence-electron chi connectivity index (χ0n) is 5.13. The van der Waals surface area contributed by atoms with E-state index in [2.05, 4.69) is 10.4 Å². The number of aliphatic imine (C=N–C) groups is 1. The average Bonchev–Trinajstić information content (AvgIpc) is 1.68. The van der Waals surface area contributed by atoms with Crippen molar-refractivity contribution in [2.45, 2.75) is 6.92 Å². The normalized spacial score (nSPS) is 8.89. The van der Waals surface area contributed by atoms with Gasteiger partial charge < -0.3 is 5.73 Å². The minimum absolute atomic E-state index is 0. The smallest absolute Gasteiger partial charge is 0.203 e. The molecule has 0 amide bonds. The Morgan fingerprint density at radius 3 is 2.11 bits per heavy atom. The van der Waals surface area contributed by atoms with Gasteiger partial charge in [0.25, 0.3) is 0 Å². The molecule has 0 aliphatic rings. The van der Waals surface area contributed by atoms with E-state index < -0.39 is 0 Å². The summed E-state index contributed by atoms with van der Waals surface area (Å²) in [7, 11) is 0. The van der Waals surface area contributed by atoms with Gasteiger partial charge in [-0.1, -0.05) is 0 Å². The van der Waals surface area contributed by atoms with E-state index in [9.17, 15) is 0 Å². The lowest BCUT2D eigenvalue weighted by Gasteiger charge is -1.92. The van der Waals surface area contributed by atoms with Gasteiger partial charge >= 0.3 is 0 Å². The highest BCUT2D eigenvalue weighted by molar-refractivity contribution is 5.85. The molecule has 5 N–H and O–H groups in total. The molecule has 0 saturated carbocycles. The quantitative estimate of drug-likeness (QED) is 0.220. The number of nitrogens with two attached hydrogens (primary N) is 2. The molecule has 9 heavy (non-hydrogen) atoms. The van der Waals surface area contributed by atoms with Crippen molar-refractivity contribution in [3.05, 3.63) is 0 Å². The second kappa shape index (κ2) is 10.7. The molecule has 0 saturated heterocycles. The molecule has 0 atom stereocenters. The van der Waals surface area contributed by atoms with Gasteiger partial charge in [-0.05, 0) is 6.92 Å². The number of nitrogens with one attached hydrogen (secondary N) is 1. The minimum atomic E-state index is 0. The fourth-order valence-corrected chi connectivity index (χ4v) is 0.216. The number of hydrazine groups is 1. The Balaban J connectivity index is -0.000000180. The van der Waals surface area contributed by atoms with E-state index in [0.29, 0.717) is 6.54 Å². The molecule has 0 heterocycles. The zero-order valence-corrected chi connectivity index (χ0v) is 6.76. The third-order valence-corrected chi connectivity index (χ3v) is 0.476. The lowest BCUT2D eigenvalue weighted by atomic mass is 10.8. The number of nitrogens with zero attached hydrogens (tertiary/aromatic N) is 1. The molecule has 6 heteroatoms. The number of rotatable bonds is 1. The maximum Gasteiger partial charge on any atom is 0.203 e. The van der Waals surface area contributed by atoms with Crippen molar-refractivity contribution in [3.8, 4) is 0 Å². The van der Waals surface area contributed by atoms with E-state index in [-0.39, 0.29) is 30.8 Å². The standard InChI is InChI=1S/C3H10N4.2ClH/c1-2-6-3(4)7-5;;/h2,5H2,1H3,(H3,4,6,7);2*1H. The summed E-state index contributed by atoms with van der Waals surface area (Å²) in [4.78, 5) is 3.70. The van der Waals surface area contributed by atoms with Gasteiger partial charge in [-0.2, -0.15) is 0 Å². The van der Waals surface area contributed by atoms with Crippen molar-refractivity contribution in [1.29, 1.82) is 0 Å². The molecule has 0 aliphatic heterocycles. The summed E-state index contributed by atoms with van der Waals surface area (Å²) in [5.41, 5.74) is 7.29. The topological polar surface area (TPSA) is 76.4 Å². The molecule has 4 nitrogen and oxygen atoms in total. The maximum atomic E-state index is 5.10. The molecule has 0 radical (unpaired) electrons. The van der Waals surface area contributed by atoms with Crippen LogP contribution in [0.15, 0.2) is 4.99 Å². The highest BCUT2D eigenvalue weighted by Gasteiger charge is 1.76. The fraction of sp³-hybridized carbons (Fsp3) is 0.667. The second-order valence-electron chi connectivity index (χ2n) is 1.00. The Kier molecular flexibility index (Phi) is 19.0. The van der Waals surface area contributed by atoms with Crippen molar-refractivity contribution in [2.24, 2.45) is 16.6 Å². The van der Waals surface area contributed by atoms with Crippen LogP contribution in [-0.2, 0) is 0 Å². The molecule has 0 aromatic rings. The molecule has 0 unspecified atom stereocenters. The summed E-state index contributed by atoms with van der Waals surface area (Å²) in [6.07, 6.45) is 0. The lowest BCUT2D eigenvalue weighted by Crippen LogP contribution is -2.37. The van der Waals surface area contributed by atoms with Gasteiger partial charge in [-0.15, -0.1) is 24.8 Å². The van der Waals surface area contributed by atoms with Crippen LogP contribution in [0.25, 0.3) is 0 Å². The molecule has 58 valence electrons. The fourth-order valence-electron chi connectivity index (χ4n) is 0.216. The summed E-state index contributed by atoms with van der Waals surface area (Å²) in [5, 5.41) is 0. The summed E-state index contributed by atoms with van der Waals surface area (Å²) in [6.45, 7) is 2.54. The van der Waals surface area contributed by atoms with Crippen LogP contribution in [0, 0.1) is 0 Å². The molecule has 0 rings (SSSR count). The first-order valence-corrected chi connectivity index (χ1v) is 2.07. The van der Waals surface area contributed by atoms with Gasteiger partial charge in [-0.25, -0.2) is 5.84 Å². The first kappa shape index (κ1) is 15.9. The van der Waals surface area contributed by atoms with Gasteiger partial charge in [0, 0.05) is 6.54 Å². The molecule has 0 bridgehead atoms. The molecule has 0 aliphatic carbocycles. The van der Waals surface area contributed by atoms with Gasteiger partial charge in [0.1, 0.15) is 0 Å². The van der Waals surface area contributed by atoms with Crippen LogP contribution in [0.5, 0.6) is 0 Å². The van der Waals surface area contributed by atoms with E-state index in [4.69, 9.17) is 11.6 Å². The first-order valence-electron chi connectivity index (χ1n) is 2.07. The Labute approximate surface area is 66.9 Å². The van der Waals surface area contributed by atoms with Gasteiger partial charge in [0.2, 0.25) is 5.96 Å². The largest absolute Gasteiger partial charge is 0.369 e. The summed E-state index contributed by atoms with van der Waals surface area (Å²) in [6, 6.07) is 0. The van der Waals surface area contributed by atoms with Crippen molar-refractivity contribution in [2.75, 3.05) is 6.54 Å². The van der Waals surface area contributed by atoms with Crippen LogP contribution in [0.1, 0.15) is 6.92 Å². The van der Waals surface area contributed by atoms with Crippen molar-refractivity contribution < 1.29 is 0 Å². The molecule has 0 fully saturated rings. The van der Waals surface area contributed by atoms with Crippen molar-refractivity contribution >= 4 is 30.8 Å². The molecular weight excluding hydrogens is 163 g/mol. The van der Waals surface area contributed by atoms with Crippen LogP contribution in [0.4, 0.5) is 0 Å². The number of hydrogen-bond donors (Lipinski definition) is 3. The van der Waals surface area contributed by atoms with Crippen LogP contribution >= 0.6 is 24.8 Å². The lowest BCUT2D eigenvalue weighted by molar-refractivity contribution is 0.975. The monoisotopic (exact) mass is 174 g/mol. The third kappa shape index (κ3) is 11.4. The predicted molar refractivity (Wildman–Crippen MR) is 44.0 cm³/mol. The SMILES string of the molecule is CCN=C(N)NN.Cl.Cl. The van der Waals surface area contributed by atoms with Crippen molar-refractivity contribution in [3.63, 3.8) is 0 Å². The molecule has 0 aromatic heterocycles. The van der Waals surface area contributed by atoms with E-state index >= 15 is 0 Å². The van der Waals surface area contributed by atoms with Gasteiger partial charge in [0.15, 0.2) is 0 Å². The van der Waals surface area contributed by atoms with Crippen LogP contribution < -0.4 is 17.0 Å². The van der Waals surface area contributed by atoms with Crippen LogP contribution in [0.3, 0.4) is 0 Å². The van der Waals surface area contributed by atoms with Gasteiger partial charge in [0.05, 0.1) is 0 Å². The zero-order chi connectivity index (χ0) is 5.70. The highest BCUT2D eigenvalue weighted by atomic mass is 35.5. The maximum absolute atomic E-state index is 5.10. The van der Waals surface area contributed by atoms with E-state index in [1.807, 2.05) is 6.92 Å². The van der Waals surface area contributed by atoms with E-state index in [1.165, 1.54) is 0 Å². The molecular formula is C3H12Cl2N4. The van der Waals surface area contributed by atoms with E-state index in [1.54, 1.807) is 0 Å². The summed E-state index contributed by atoms with van der Waals surface area (Å²) >= 11 is 0. The van der Waals surface area contributed by atoms with E-state index in [0.717, 1.165) is 0 Å². The number of halogens is 2. The Morgan fingerprint density at radius 2 is 2.00 bits per heavy atom. The molecule has 0 aromatic carbocycles. The van der Waals surface area contributed by atoms with Crippen LogP contribution in [0.2, 0.25) is 0 Å². The molecule has 0 spiro atoms. The first-order chi connectivity index (χ1) is 3.31. The number of hydrogen-bond acceptors (Lipinski definition) is 2. The Morgan fingerprint density at radius 1 is 1.56 bits per heavy atom. The number of guanidine groups is 1. The Hall–Kier alpha value is -0.190. The van der Waals surface area contributed by atoms with Crippen molar-refractivity contribution in [1.82, 2.24) is 5.43 Å². The van der Waals surface area contributed by atoms with Gasteiger partial charge in [-0.3, -0.25) is 10.4 Å². The predicted octanol–water partition coefficient (Wildman–Crippen LogP) is -0.372. The second-order valence-corrected chi connectivity index (χ2v) is 1.00.